The summed E-state index contributed by atoms with van der Waals surface area (Å²) in [6, 6.07) is 2.40. The standard InChI is InChI=1S/C15H25N3O/c1-4-7-18-8-9-19-14(11-16-3)15(18)13-10-17-6-5-12(13)2/h5-6,10,14-16H,4,7-9,11H2,1-3H3. The van der Waals surface area contributed by atoms with Crippen LogP contribution in [0, 0.1) is 6.92 Å². The quantitative estimate of drug-likeness (QED) is 0.878. The molecule has 106 valence electrons. The molecule has 1 aliphatic heterocycles. The Morgan fingerprint density at radius 2 is 2.37 bits per heavy atom. The molecule has 2 unspecified atom stereocenters. The number of pyridine rings is 1. The third kappa shape index (κ3) is 3.32. The van der Waals surface area contributed by atoms with Crippen LogP contribution in [0.3, 0.4) is 0 Å². The molecule has 1 N–H and O–H groups in total. The smallest absolute Gasteiger partial charge is 0.0897 e. The van der Waals surface area contributed by atoms with Gasteiger partial charge in [-0.25, -0.2) is 0 Å². The van der Waals surface area contributed by atoms with Gasteiger partial charge in [0.2, 0.25) is 0 Å². The highest BCUT2D eigenvalue weighted by atomic mass is 16.5. The van der Waals surface area contributed by atoms with E-state index in [0.717, 1.165) is 26.2 Å². The van der Waals surface area contributed by atoms with Gasteiger partial charge >= 0.3 is 0 Å². The number of rotatable bonds is 5. The third-order valence-corrected chi connectivity index (χ3v) is 3.77. The Morgan fingerprint density at radius 3 is 3.05 bits per heavy atom. The topological polar surface area (TPSA) is 37.4 Å². The summed E-state index contributed by atoms with van der Waals surface area (Å²) in [5.74, 6) is 0. The predicted octanol–water partition coefficient (Wildman–Crippen LogP) is 1.76. The Morgan fingerprint density at radius 1 is 1.53 bits per heavy atom. The number of likely N-dealkylation sites (N-methyl/N-ethyl adjacent to an activating group) is 1. The number of nitrogens with one attached hydrogen (secondary N) is 1. The van der Waals surface area contributed by atoms with Crippen molar-refractivity contribution >= 4 is 0 Å². The Hall–Kier alpha value is -0.970. The average Bonchev–Trinajstić information content (AvgIpc) is 2.41. The number of morpholine rings is 1. The largest absolute Gasteiger partial charge is 0.374 e. The minimum Gasteiger partial charge on any atom is -0.374 e. The third-order valence-electron chi connectivity index (χ3n) is 3.77. The molecule has 4 heteroatoms. The normalized spacial score (nSPS) is 24.6. The molecule has 1 saturated heterocycles. The summed E-state index contributed by atoms with van der Waals surface area (Å²) in [5, 5.41) is 3.25. The van der Waals surface area contributed by atoms with Gasteiger partial charge in [-0.15, -0.1) is 0 Å². The lowest BCUT2D eigenvalue weighted by molar-refractivity contribution is -0.0707. The maximum Gasteiger partial charge on any atom is 0.0897 e. The van der Waals surface area contributed by atoms with Crippen LogP contribution in [0.1, 0.15) is 30.5 Å². The second kappa shape index (κ2) is 6.98. The molecule has 2 rings (SSSR count). The molecule has 0 radical (unpaired) electrons. The average molecular weight is 263 g/mol. The van der Waals surface area contributed by atoms with Crippen LogP contribution in [-0.2, 0) is 4.74 Å². The summed E-state index contributed by atoms with van der Waals surface area (Å²) in [6.45, 7) is 8.21. The zero-order valence-corrected chi connectivity index (χ0v) is 12.2. The van der Waals surface area contributed by atoms with Crippen molar-refractivity contribution in [3.05, 3.63) is 29.6 Å². The second-order valence-electron chi connectivity index (χ2n) is 5.18. The number of hydrogen-bond donors (Lipinski definition) is 1. The Labute approximate surface area is 116 Å². The van der Waals surface area contributed by atoms with Crippen LogP contribution in [0.25, 0.3) is 0 Å². The first kappa shape index (κ1) is 14.4. The van der Waals surface area contributed by atoms with Gasteiger partial charge in [0.05, 0.1) is 18.8 Å². The van der Waals surface area contributed by atoms with Crippen LogP contribution < -0.4 is 5.32 Å². The van der Waals surface area contributed by atoms with Gasteiger partial charge in [-0.05, 0) is 44.1 Å². The number of aryl methyl sites for hydroxylation is 1. The van der Waals surface area contributed by atoms with Crippen molar-refractivity contribution in [1.82, 2.24) is 15.2 Å². The van der Waals surface area contributed by atoms with Crippen molar-refractivity contribution < 1.29 is 4.74 Å². The van der Waals surface area contributed by atoms with E-state index in [2.05, 4.69) is 35.1 Å². The highest BCUT2D eigenvalue weighted by Gasteiger charge is 2.33. The van der Waals surface area contributed by atoms with Crippen molar-refractivity contribution in [3.8, 4) is 0 Å². The molecule has 0 aromatic carbocycles. The van der Waals surface area contributed by atoms with Gasteiger partial charge in [0.1, 0.15) is 0 Å². The fourth-order valence-corrected chi connectivity index (χ4v) is 2.88. The molecule has 1 fully saturated rings. The van der Waals surface area contributed by atoms with Crippen molar-refractivity contribution in [2.24, 2.45) is 0 Å². The molecule has 1 aliphatic rings. The van der Waals surface area contributed by atoms with Gasteiger partial charge in [0.15, 0.2) is 0 Å². The first-order valence-electron chi connectivity index (χ1n) is 7.18. The van der Waals surface area contributed by atoms with Crippen LogP contribution in [-0.4, -0.2) is 49.3 Å². The number of aromatic nitrogens is 1. The van der Waals surface area contributed by atoms with E-state index in [1.54, 1.807) is 0 Å². The van der Waals surface area contributed by atoms with E-state index in [9.17, 15) is 0 Å². The molecule has 0 spiro atoms. The maximum absolute atomic E-state index is 5.99. The van der Waals surface area contributed by atoms with Gasteiger partial charge in [-0.2, -0.15) is 0 Å². The Bertz CT molecular complexity index is 379. The summed E-state index contributed by atoms with van der Waals surface area (Å²) in [7, 11) is 1.98. The van der Waals surface area contributed by atoms with Crippen molar-refractivity contribution in [2.75, 3.05) is 33.3 Å². The van der Waals surface area contributed by atoms with Crippen LogP contribution in [0.4, 0.5) is 0 Å². The predicted molar refractivity (Wildman–Crippen MR) is 77.2 cm³/mol. The Balaban J connectivity index is 2.29. The highest BCUT2D eigenvalue weighted by Crippen LogP contribution is 2.30. The van der Waals surface area contributed by atoms with Crippen LogP contribution in [0.5, 0.6) is 0 Å². The lowest BCUT2D eigenvalue weighted by atomic mass is 9.95. The zero-order chi connectivity index (χ0) is 13.7. The SMILES string of the molecule is CCCN1CCOC(CNC)C1c1cnccc1C. The van der Waals surface area contributed by atoms with E-state index in [-0.39, 0.29) is 6.10 Å². The van der Waals surface area contributed by atoms with E-state index < -0.39 is 0 Å². The van der Waals surface area contributed by atoms with Crippen LogP contribution >= 0.6 is 0 Å². The molecule has 19 heavy (non-hydrogen) atoms. The minimum absolute atomic E-state index is 0.202. The molecular formula is C15H25N3O. The van der Waals surface area contributed by atoms with Gasteiger partial charge in [-0.1, -0.05) is 6.92 Å². The second-order valence-corrected chi connectivity index (χ2v) is 5.18. The van der Waals surface area contributed by atoms with Crippen LogP contribution in [0.2, 0.25) is 0 Å². The van der Waals surface area contributed by atoms with Crippen molar-refractivity contribution in [3.63, 3.8) is 0 Å². The molecule has 0 aliphatic carbocycles. The number of ether oxygens (including phenoxy) is 1. The molecule has 2 heterocycles. The monoisotopic (exact) mass is 263 g/mol. The number of hydrogen-bond acceptors (Lipinski definition) is 4. The molecule has 4 nitrogen and oxygen atoms in total. The molecule has 0 bridgehead atoms. The van der Waals surface area contributed by atoms with E-state index in [1.165, 1.54) is 17.5 Å². The number of nitrogens with zero attached hydrogens (tertiary/aromatic N) is 2. The first-order chi connectivity index (χ1) is 9.27. The molecule has 1 aromatic heterocycles. The lowest BCUT2D eigenvalue weighted by Crippen LogP contribution is -2.49. The molecule has 1 aromatic rings. The Kier molecular flexibility index (Phi) is 5.31. The molecule has 0 saturated carbocycles. The molecule has 0 amide bonds. The maximum atomic E-state index is 5.99. The minimum atomic E-state index is 0.202. The fourth-order valence-electron chi connectivity index (χ4n) is 2.88. The van der Waals surface area contributed by atoms with Crippen molar-refractivity contribution in [2.45, 2.75) is 32.4 Å². The van der Waals surface area contributed by atoms with Crippen LogP contribution in [0.15, 0.2) is 18.5 Å². The molecule has 2 atom stereocenters. The summed E-state index contributed by atoms with van der Waals surface area (Å²) >= 11 is 0. The summed E-state index contributed by atoms with van der Waals surface area (Å²) < 4.78 is 5.99. The highest BCUT2D eigenvalue weighted by molar-refractivity contribution is 5.26. The first-order valence-corrected chi connectivity index (χ1v) is 7.18. The fraction of sp³-hybridized carbons (Fsp3) is 0.667. The van der Waals surface area contributed by atoms with E-state index in [4.69, 9.17) is 4.74 Å². The van der Waals surface area contributed by atoms with E-state index in [0.29, 0.717) is 6.04 Å². The molecular weight excluding hydrogens is 238 g/mol. The summed E-state index contributed by atoms with van der Waals surface area (Å²) in [4.78, 5) is 6.84. The van der Waals surface area contributed by atoms with Gasteiger partial charge in [0, 0.05) is 25.5 Å². The summed E-state index contributed by atoms with van der Waals surface area (Å²) in [6.07, 6.45) is 5.23. The summed E-state index contributed by atoms with van der Waals surface area (Å²) in [5.41, 5.74) is 2.60. The van der Waals surface area contributed by atoms with Gasteiger partial charge in [0.25, 0.3) is 0 Å². The van der Waals surface area contributed by atoms with Gasteiger partial charge < -0.3 is 10.1 Å². The lowest BCUT2D eigenvalue weighted by Gasteiger charge is -2.42. The van der Waals surface area contributed by atoms with E-state index >= 15 is 0 Å². The van der Waals surface area contributed by atoms with Gasteiger partial charge in [-0.3, -0.25) is 9.88 Å². The zero-order valence-electron chi connectivity index (χ0n) is 12.2. The van der Waals surface area contributed by atoms with E-state index in [1.807, 2.05) is 19.4 Å². The van der Waals surface area contributed by atoms with Crippen molar-refractivity contribution in [1.29, 1.82) is 0 Å².